The van der Waals surface area contributed by atoms with Crippen molar-refractivity contribution in [2.45, 2.75) is 97.2 Å². The second-order valence-corrected chi connectivity index (χ2v) is 13.9. The molecule has 40 heavy (non-hydrogen) atoms. The smallest absolute Gasteiger partial charge is 0.261 e. The maximum absolute atomic E-state index is 14.4. The van der Waals surface area contributed by atoms with E-state index in [2.05, 4.69) is 30.7 Å². The number of H-pyrrole nitrogens is 1. The van der Waals surface area contributed by atoms with Crippen LogP contribution in [0.15, 0.2) is 4.79 Å². The molecule has 0 aliphatic heterocycles. The van der Waals surface area contributed by atoms with E-state index < -0.39 is 45.8 Å². The third-order valence-corrected chi connectivity index (χ3v) is 12.3. The molecule has 2 aromatic rings. The minimum atomic E-state index is -2.03. The molecule has 1 unspecified atom stereocenters. The Hall–Kier alpha value is -2.00. The zero-order chi connectivity index (χ0) is 28.7. The lowest BCUT2D eigenvalue weighted by atomic mass is 9.43. The Morgan fingerprint density at radius 3 is 2.42 bits per heavy atom. The van der Waals surface area contributed by atoms with Gasteiger partial charge < -0.3 is 15.2 Å². The Labute approximate surface area is 231 Å². The summed E-state index contributed by atoms with van der Waals surface area (Å²) in [5, 5.41) is 21.1. The average Bonchev–Trinajstić information content (AvgIpc) is 3.28. The van der Waals surface area contributed by atoms with Crippen LogP contribution in [0.4, 0.5) is 17.6 Å². The van der Waals surface area contributed by atoms with Gasteiger partial charge >= 0.3 is 0 Å². The Morgan fingerprint density at radius 1 is 0.950 bits per heavy atom. The molecule has 0 spiro atoms. The van der Waals surface area contributed by atoms with Crippen LogP contribution in [0.5, 0.6) is 0 Å². The number of fused-ring (bicyclic) bond motifs is 6. The molecular weight excluding hydrogens is 524 g/mol. The molecule has 0 saturated heterocycles. The normalized spacial score (nSPS) is 40.0. The van der Waals surface area contributed by atoms with Gasteiger partial charge in [-0.1, -0.05) is 20.8 Å². The Bertz CT molecular complexity index is 1380. The molecule has 4 aliphatic rings. The van der Waals surface area contributed by atoms with E-state index in [1.807, 2.05) is 0 Å². The SMILES string of the molecule is C[C@H](CCc1nc2c(F)c(F)c(F)c(F)c2c(=O)[nH]1)[C@H]1CC[C@H]2[C@@H]3CC[C@@H]4C[C@H](O)CC[C@]4(C)C3C[C@H](O)[C@]12C. The van der Waals surface area contributed by atoms with E-state index in [0.717, 1.165) is 51.4 Å². The van der Waals surface area contributed by atoms with Crippen molar-refractivity contribution in [3.8, 4) is 0 Å². The number of hydrogen-bond donors (Lipinski definition) is 3. The number of rotatable bonds is 4. The van der Waals surface area contributed by atoms with Gasteiger partial charge in [-0.05, 0) is 104 Å². The van der Waals surface area contributed by atoms with E-state index in [1.54, 1.807) is 0 Å². The number of nitrogens with zero attached hydrogens (tertiary/aromatic N) is 1. The van der Waals surface area contributed by atoms with Crippen LogP contribution in [0.3, 0.4) is 0 Å². The minimum absolute atomic E-state index is 0.100. The maximum Gasteiger partial charge on any atom is 0.261 e. The lowest BCUT2D eigenvalue weighted by Crippen LogP contribution is -2.58. The Morgan fingerprint density at radius 2 is 1.68 bits per heavy atom. The zero-order valence-electron chi connectivity index (χ0n) is 23.5. The van der Waals surface area contributed by atoms with Gasteiger partial charge in [0.1, 0.15) is 16.7 Å². The molecule has 9 heteroatoms. The number of aliphatic hydroxyl groups excluding tert-OH is 2. The number of halogens is 4. The number of benzene rings is 1. The molecule has 1 aromatic carbocycles. The van der Waals surface area contributed by atoms with Gasteiger partial charge in [0.2, 0.25) is 0 Å². The van der Waals surface area contributed by atoms with Crippen molar-refractivity contribution in [3.05, 3.63) is 39.4 Å². The number of aliphatic hydroxyl groups is 2. The molecule has 4 fully saturated rings. The van der Waals surface area contributed by atoms with E-state index >= 15 is 0 Å². The lowest BCUT2D eigenvalue weighted by molar-refractivity contribution is -0.174. The topological polar surface area (TPSA) is 86.2 Å². The van der Waals surface area contributed by atoms with E-state index in [1.165, 1.54) is 0 Å². The summed E-state index contributed by atoms with van der Waals surface area (Å²) < 4.78 is 56.0. The van der Waals surface area contributed by atoms with Gasteiger partial charge in [0.15, 0.2) is 23.3 Å². The van der Waals surface area contributed by atoms with Gasteiger partial charge in [-0.15, -0.1) is 0 Å². The molecule has 4 saturated carbocycles. The van der Waals surface area contributed by atoms with Crippen molar-refractivity contribution in [1.82, 2.24) is 9.97 Å². The first kappa shape index (κ1) is 28.1. The first-order valence-corrected chi connectivity index (χ1v) is 15.0. The molecule has 0 bridgehead atoms. The van der Waals surface area contributed by atoms with Crippen molar-refractivity contribution < 1.29 is 27.8 Å². The second-order valence-electron chi connectivity index (χ2n) is 13.9. The van der Waals surface area contributed by atoms with Crippen LogP contribution in [0.1, 0.15) is 84.4 Å². The van der Waals surface area contributed by atoms with Gasteiger partial charge in [0, 0.05) is 6.42 Å². The van der Waals surface area contributed by atoms with Crippen LogP contribution in [-0.4, -0.2) is 32.4 Å². The average molecular weight is 565 g/mol. The third kappa shape index (κ3) is 4.00. The van der Waals surface area contributed by atoms with Gasteiger partial charge in [-0.25, -0.2) is 22.5 Å². The fourth-order valence-corrected chi connectivity index (χ4v) is 10.1. The molecule has 10 atom stereocenters. The molecule has 6 rings (SSSR count). The summed E-state index contributed by atoms with van der Waals surface area (Å²) in [5.74, 6) is -4.95. The van der Waals surface area contributed by atoms with Crippen LogP contribution in [0.25, 0.3) is 10.9 Å². The largest absolute Gasteiger partial charge is 0.393 e. The predicted molar refractivity (Wildman–Crippen MR) is 142 cm³/mol. The van der Waals surface area contributed by atoms with Gasteiger partial charge in [0.25, 0.3) is 5.56 Å². The minimum Gasteiger partial charge on any atom is -0.393 e. The van der Waals surface area contributed by atoms with Gasteiger partial charge in [-0.2, -0.15) is 0 Å². The number of hydrogen-bond acceptors (Lipinski definition) is 4. The van der Waals surface area contributed by atoms with Crippen molar-refractivity contribution in [2.75, 3.05) is 0 Å². The zero-order valence-corrected chi connectivity index (χ0v) is 23.5. The highest BCUT2D eigenvalue weighted by Gasteiger charge is 2.63. The monoisotopic (exact) mass is 564 g/mol. The van der Waals surface area contributed by atoms with Crippen LogP contribution in [0, 0.1) is 69.6 Å². The van der Waals surface area contributed by atoms with Crippen LogP contribution in [0.2, 0.25) is 0 Å². The quantitative estimate of drug-likeness (QED) is 0.240. The molecule has 1 aromatic heterocycles. The van der Waals surface area contributed by atoms with Crippen LogP contribution < -0.4 is 5.56 Å². The summed E-state index contributed by atoms with van der Waals surface area (Å²) in [6, 6.07) is 0. The summed E-state index contributed by atoms with van der Waals surface area (Å²) in [6.45, 7) is 6.78. The highest BCUT2D eigenvalue weighted by atomic mass is 19.2. The summed E-state index contributed by atoms with van der Waals surface area (Å²) >= 11 is 0. The Kier molecular flexibility index (Phi) is 6.88. The third-order valence-electron chi connectivity index (χ3n) is 12.3. The number of nitrogens with one attached hydrogen (secondary N) is 1. The standard InChI is InChI=1S/C31H40F4N2O3/c1-14(4-9-22-36-28-23(29(40)37-22)24(32)25(33)26(34)27(28)35)18-7-8-19-17-6-5-15-12-16(38)10-11-30(15,2)20(17)13-21(39)31(18,19)3/h14-21,38-39H,4-13H2,1-3H3,(H,36,37,40)/t14-,15-,16-,17+,18-,19+,20?,21+,30+,31-/m1/s1. The number of aryl methyl sites for hydroxylation is 1. The second kappa shape index (κ2) is 9.79. The fourth-order valence-electron chi connectivity index (χ4n) is 10.1. The summed E-state index contributed by atoms with van der Waals surface area (Å²) in [5.41, 5.74) is -1.91. The predicted octanol–water partition coefficient (Wildman–Crippen LogP) is 6.04. The fraction of sp³-hybridized carbons (Fsp3) is 0.742. The molecule has 1 heterocycles. The summed E-state index contributed by atoms with van der Waals surface area (Å²) in [7, 11) is 0. The maximum atomic E-state index is 14.4. The van der Waals surface area contributed by atoms with E-state index in [-0.39, 0.29) is 41.0 Å². The van der Waals surface area contributed by atoms with Crippen LogP contribution >= 0.6 is 0 Å². The molecule has 4 aliphatic carbocycles. The molecular formula is C31H40F4N2O3. The van der Waals surface area contributed by atoms with Crippen molar-refractivity contribution >= 4 is 10.9 Å². The number of aromatic amines is 1. The summed E-state index contributed by atoms with van der Waals surface area (Å²) in [4.78, 5) is 18.9. The molecule has 3 N–H and O–H groups in total. The van der Waals surface area contributed by atoms with E-state index in [9.17, 15) is 32.6 Å². The molecule has 0 amide bonds. The molecule has 220 valence electrons. The highest BCUT2D eigenvalue weighted by molar-refractivity contribution is 5.79. The van der Waals surface area contributed by atoms with Gasteiger partial charge in [-0.3, -0.25) is 4.79 Å². The van der Waals surface area contributed by atoms with Crippen molar-refractivity contribution in [2.24, 2.45) is 46.3 Å². The first-order valence-electron chi connectivity index (χ1n) is 15.0. The highest BCUT2D eigenvalue weighted by Crippen LogP contribution is 2.68. The molecule has 5 nitrogen and oxygen atoms in total. The Balaban J connectivity index is 1.21. The molecule has 0 radical (unpaired) electrons. The van der Waals surface area contributed by atoms with Gasteiger partial charge in [0.05, 0.1) is 12.2 Å². The summed E-state index contributed by atoms with van der Waals surface area (Å²) in [6.07, 6.45) is 8.09. The first-order chi connectivity index (χ1) is 18.9. The number of aromatic nitrogens is 2. The van der Waals surface area contributed by atoms with Crippen molar-refractivity contribution in [1.29, 1.82) is 0 Å². The lowest BCUT2D eigenvalue weighted by Gasteiger charge is -2.62. The van der Waals surface area contributed by atoms with Crippen molar-refractivity contribution in [3.63, 3.8) is 0 Å². The van der Waals surface area contributed by atoms with E-state index in [4.69, 9.17) is 0 Å². The van der Waals surface area contributed by atoms with Crippen LogP contribution in [-0.2, 0) is 6.42 Å². The van der Waals surface area contributed by atoms with E-state index in [0.29, 0.717) is 30.1 Å².